The van der Waals surface area contributed by atoms with Gasteiger partial charge in [0.15, 0.2) is 11.5 Å². The van der Waals surface area contributed by atoms with Crippen molar-refractivity contribution in [3.8, 4) is 23.0 Å². The first-order valence-corrected chi connectivity index (χ1v) is 9.67. The highest BCUT2D eigenvalue weighted by atomic mass is 19.4. The predicted octanol–water partition coefficient (Wildman–Crippen LogP) is 3.35. The largest absolute Gasteiger partial charge is 0.477 e. The van der Waals surface area contributed by atoms with E-state index < -0.39 is 23.8 Å². The zero-order chi connectivity index (χ0) is 23.6. The Balaban J connectivity index is 1.54. The summed E-state index contributed by atoms with van der Waals surface area (Å²) in [6.07, 6.45) is -3.29. The summed E-state index contributed by atoms with van der Waals surface area (Å²) in [5, 5.41) is 15.0. The van der Waals surface area contributed by atoms with Crippen LogP contribution in [0.15, 0.2) is 48.7 Å². The van der Waals surface area contributed by atoms with E-state index in [9.17, 15) is 27.9 Å². The summed E-state index contributed by atoms with van der Waals surface area (Å²) < 4.78 is 43.4. The van der Waals surface area contributed by atoms with Crippen molar-refractivity contribution in [1.29, 1.82) is 0 Å². The fourth-order valence-corrected chi connectivity index (χ4v) is 3.07. The fraction of sp³-hybridized carbons (Fsp3) is 0.190. The van der Waals surface area contributed by atoms with Gasteiger partial charge >= 0.3 is 12.1 Å². The van der Waals surface area contributed by atoms with E-state index >= 15 is 0 Å². The number of pyridine rings is 1. The molecule has 3 aromatic rings. The molecule has 3 heterocycles. The Labute approximate surface area is 184 Å². The summed E-state index contributed by atoms with van der Waals surface area (Å²) in [7, 11) is 0. The number of carboxylic acids is 1. The SMILES string of the molecule is O=C(O)c1cc(NC2CCNC2=O)nc(-c2ccc(Oc3ccc(C(F)(F)F)cn3)cc2)n1. The van der Waals surface area contributed by atoms with Crippen LogP contribution >= 0.6 is 0 Å². The maximum absolute atomic E-state index is 12.6. The van der Waals surface area contributed by atoms with Crippen LogP contribution in [0.25, 0.3) is 11.4 Å². The molecule has 9 nitrogen and oxygen atoms in total. The molecule has 0 bridgehead atoms. The summed E-state index contributed by atoms with van der Waals surface area (Å²) in [4.78, 5) is 35.3. The number of alkyl halides is 3. The van der Waals surface area contributed by atoms with Gasteiger partial charge in [-0.1, -0.05) is 0 Å². The summed E-state index contributed by atoms with van der Waals surface area (Å²) in [5.41, 5.74) is -0.680. The lowest BCUT2D eigenvalue weighted by Crippen LogP contribution is -2.30. The van der Waals surface area contributed by atoms with E-state index in [-0.39, 0.29) is 29.1 Å². The summed E-state index contributed by atoms with van der Waals surface area (Å²) in [6, 6.07) is 8.84. The number of rotatable bonds is 6. The maximum atomic E-state index is 12.6. The van der Waals surface area contributed by atoms with Crippen LogP contribution in [0.4, 0.5) is 19.0 Å². The number of aromatic nitrogens is 3. The number of ether oxygens (including phenoxy) is 1. The molecule has 2 aromatic heterocycles. The molecule has 4 rings (SSSR count). The third-order valence-electron chi connectivity index (χ3n) is 4.71. The topological polar surface area (TPSA) is 126 Å². The molecule has 0 spiro atoms. The van der Waals surface area contributed by atoms with Gasteiger partial charge < -0.3 is 20.5 Å². The van der Waals surface area contributed by atoms with E-state index in [0.717, 1.165) is 12.1 Å². The van der Waals surface area contributed by atoms with Gasteiger partial charge in [0.25, 0.3) is 0 Å². The molecule has 33 heavy (non-hydrogen) atoms. The van der Waals surface area contributed by atoms with E-state index in [4.69, 9.17) is 4.74 Å². The normalized spacial score (nSPS) is 15.7. The predicted molar refractivity (Wildman–Crippen MR) is 109 cm³/mol. The average molecular weight is 459 g/mol. The zero-order valence-corrected chi connectivity index (χ0v) is 16.8. The Morgan fingerprint density at radius 3 is 2.48 bits per heavy atom. The minimum absolute atomic E-state index is 0.0267. The number of hydrogen-bond donors (Lipinski definition) is 3. The zero-order valence-electron chi connectivity index (χ0n) is 16.8. The Bertz CT molecular complexity index is 1180. The molecule has 1 aliphatic rings. The molecular formula is C21H16F3N5O4. The molecule has 170 valence electrons. The van der Waals surface area contributed by atoms with Crippen molar-refractivity contribution in [1.82, 2.24) is 20.3 Å². The molecule has 0 saturated carbocycles. The van der Waals surface area contributed by atoms with Crippen LogP contribution in [0.3, 0.4) is 0 Å². The third kappa shape index (κ3) is 5.17. The van der Waals surface area contributed by atoms with Crippen LogP contribution in [0, 0.1) is 0 Å². The highest BCUT2D eigenvalue weighted by Gasteiger charge is 2.30. The number of nitrogens with one attached hydrogen (secondary N) is 2. The van der Waals surface area contributed by atoms with Crippen LogP contribution < -0.4 is 15.4 Å². The quantitative estimate of drug-likeness (QED) is 0.512. The fourth-order valence-electron chi connectivity index (χ4n) is 3.07. The Hall–Kier alpha value is -4.22. The maximum Gasteiger partial charge on any atom is 0.417 e. The van der Waals surface area contributed by atoms with Crippen molar-refractivity contribution in [3.63, 3.8) is 0 Å². The smallest absolute Gasteiger partial charge is 0.417 e. The molecule has 1 aliphatic heterocycles. The number of carboxylic acid groups (broad SMARTS) is 1. The molecule has 1 saturated heterocycles. The first-order valence-electron chi connectivity index (χ1n) is 9.67. The number of nitrogens with zero attached hydrogens (tertiary/aromatic N) is 3. The lowest BCUT2D eigenvalue weighted by atomic mass is 10.2. The number of hydrogen-bond acceptors (Lipinski definition) is 7. The number of carbonyl (C=O) groups excluding carboxylic acids is 1. The molecule has 1 atom stereocenters. The van der Waals surface area contributed by atoms with Gasteiger partial charge in [0.2, 0.25) is 11.8 Å². The number of halogens is 3. The lowest BCUT2D eigenvalue weighted by molar-refractivity contribution is -0.137. The molecule has 12 heteroatoms. The molecular weight excluding hydrogens is 443 g/mol. The van der Waals surface area contributed by atoms with Crippen LogP contribution in [-0.4, -0.2) is 44.5 Å². The van der Waals surface area contributed by atoms with Crippen LogP contribution in [0.2, 0.25) is 0 Å². The number of benzene rings is 1. The van der Waals surface area contributed by atoms with Gasteiger partial charge in [0.05, 0.1) is 5.56 Å². The van der Waals surface area contributed by atoms with E-state index in [1.165, 1.54) is 18.2 Å². The number of amides is 1. The standard InChI is InChI=1S/C21H16F3N5O4/c22-21(23,24)12-3-6-17(26-10-12)33-13-4-1-11(2-5-13)18-28-15(20(31)32)9-16(29-18)27-14-7-8-25-19(14)30/h1-6,9-10,14H,7-8H2,(H,25,30)(H,31,32)(H,27,28,29). The van der Waals surface area contributed by atoms with Crippen molar-refractivity contribution in [2.75, 3.05) is 11.9 Å². The van der Waals surface area contributed by atoms with E-state index in [2.05, 4.69) is 25.6 Å². The second-order valence-electron chi connectivity index (χ2n) is 7.05. The molecule has 3 N–H and O–H groups in total. The molecule has 1 aromatic carbocycles. The van der Waals surface area contributed by atoms with E-state index in [1.807, 2.05) is 0 Å². The second-order valence-corrected chi connectivity index (χ2v) is 7.05. The first-order chi connectivity index (χ1) is 15.7. The van der Waals surface area contributed by atoms with Gasteiger partial charge in [-0.05, 0) is 36.8 Å². The van der Waals surface area contributed by atoms with Gasteiger partial charge in [-0.15, -0.1) is 0 Å². The van der Waals surface area contributed by atoms with Gasteiger partial charge in [-0.3, -0.25) is 4.79 Å². The Morgan fingerprint density at radius 1 is 1.15 bits per heavy atom. The molecule has 0 radical (unpaired) electrons. The van der Waals surface area contributed by atoms with Gasteiger partial charge in [0, 0.05) is 30.4 Å². The third-order valence-corrected chi connectivity index (χ3v) is 4.71. The van der Waals surface area contributed by atoms with Crippen molar-refractivity contribution in [2.45, 2.75) is 18.6 Å². The summed E-state index contributed by atoms with van der Waals surface area (Å²) >= 11 is 0. The molecule has 0 aliphatic carbocycles. The monoisotopic (exact) mass is 459 g/mol. The number of anilines is 1. The summed E-state index contributed by atoms with van der Waals surface area (Å²) in [5.74, 6) is -0.900. The highest BCUT2D eigenvalue weighted by Crippen LogP contribution is 2.30. The van der Waals surface area contributed by atoms with Crippen molar-refractivity contribution in [3.05, 3.63) is 59.9 Å². The van der Waals surface area contributed by atoms with Crippen LogP contribution in [0.5, 0.6) is 11.6 Å². The second kappa shape index (κ2) is 8.73. The summed E-state index contributed by atoms with van der Waals surface area (Å²) in [6.45, 7) is 0.509. The van der Waals surface area contributed by atoms with E-state index in [1.54, 1.807) is 12.1 Å². The van der Waals surface area contributed by atoms with Gasteiger partial charge in [0.1, 0.15) is 17.6 Å². The van der Waals surface area contributed by atoms with Crippen molar-refractivity contribution < 1.29 is 32.6 Å². The van der Waals surface area contributed by atoms with Gasteiger partial charge in [-0.25, -0.2) is 19.7 Å². The number of aromatic carboxylic acids is 1. The Morgan fingerprint density at radius 2 is 1.91 bits per heavy atom. The van der Waals surface area contributed by atoms with Crippen molar-refractivity contribution in [2.24, 2.45) is 0 Å². The average Bonchev–Trinajstić information content (AvgIpc) is 3.18. The first kappa shape index (κ1) is 22.0. The van der Waals surface area contributed by atoms with Crippen LogP contribution in [0.1, 0.15) is 22.5 Å². The Kier molecular flexibility index (Phi) is 5.82. The molecule has 1 amide bonds. The van der Waals surface area contributed by atoms with Crippen molar-refractivity contribution >= 4 is 17.7 Å². The highest BCUT2D eigenvalue weighted by molar-refractivity contribution is 5.88. The van der Waals surface area contributed by atoms with E-state index in [0.29, 0.717) is 30.5 Å². The van der Waals surface area contributed by atoms with Gasteiger partial charge in [-0.2, -0.15) is 13.2 Å². The minimum Gasteiger partial charge on any atom is -0.477 e. The molecule has 1 fully saturated rings. The molecule has 1 unspecified atom stereocenters. The minimum atomic E-state index is -4.49. The van der Waals surface area contributed by atoms with Crippen LogP contribution in [-0.2, 0) is 11.0 Å². The number of carbonyl (C=O) groups is 2. The lowest BCUT2D eigenvalue weighted by Gasteiger charge is -2.12.